The number of aromatic nitrogens is 1. The second kappa shape index (κ2) is 10.8. The molecule has 3 rings (SSSR count). The number of allylic oxidation sites excluding steroid dienone is 1. The van der Waals surface area contributed by atoms with Gasteiger partial charge >= 0.3 is 12.1 Å². The van der Waals surface area contributed by atoms with Crippen LogP contribution in [0.3, 0.4) is 0 Å². The Morgan fingerprint density at radius 1 is 1.44 bits per heavy atom. The van der Waals surface area contributed by atoms with Crippen LogP contribution in [0, 0.1) is 0 Å². The van der Waals surface area contributed by atoms with E-state index < -0.39 is 41.0 Å². The van der Waals surface area contributed by atoms with Crippen molar-refractivity contribution in [2.24, 2.45) is 5.16 Å². The number of fused-ring (bicyclic) bond motifs is 1. The van der Waals surface area contributed by atoms with E-state index in [1.807, 2.05) is 0 Å². The molecule has 1 aromatic heterocycles. The topological polar surface area (TPSA) is 197 Å². The first-order valence-electron chi connectivity index (χ1n) is 9.62. The number of nitrogens with one attached hydrogen (secondary N) is 2. The molecule has 2 aliphatic heterocycles. The summed E-state index contributed by atoms with van der Waals surface area (Å²) >= 11 is 2.28. The van der Waals surface area contributed by atoms with Crippen LogP contribution in [0.2, 0.25) is 0 Å². The number of carbonyl (C=O) groups excluding carboxylic acids is 3. The van der Waals surface area contributed by atoms with E-state index in [0.29, 0.717) is 5.57 Å². The molecule has 34 heavy (non-hydrogen) atoms. The zero-order chi connectivity index (χ0) is 24.8. The summed E-state index contributed by atoms with van der Waals surface area (Å²) in [5.41, 5.74) is 5.27. The molecule has 1 unspecified atom stereocenters. The van der Waals surface area contributed by atoms with Gasteiger partial charge in [0.25, 0.3) is 11.8 Å². The van der Waals surface area contributed by atoms with Gasteiger partial charge in [0.2, 0.25) is 0 Å². The predicted octanol–water partition coefficient (Wildman–Crippen LogP) is 0.111. The monoisotopic (exact) mass is 508 g/mol. The number of hydrogen-bond acceptors (Lipinski definition) is 11. The summed E-state index contributed by atoms with van der Waals surface area (Å²) in [6, 6.07) is -1.03. The number of thiazole rings is 1. The molecule has 0 radical (unpaired) electrons. The first kappa shape index (κ1) is 24.8. The molecule has 0 aliphatic carbocycles. The van der Waals surface area contributed by atoms with Crippen LogP contribution in [0.1, 0.15) is 5.69 Å². The fourth-order valence-electron chi connectivity index (χ4n) is 3.11. The molecule has 15 heteroatoms. The Bertz CT molecular complexity index is 1110. The van der Waals surface area contributed by atoms with E-state index in [2.05, 4.69) is 27.4 Å². The summed E-state index contributed by atoms with van der Waals surface area (Å²) in [5.74, 6) is -2.58. The van der Waals surface area contributed by atoms with Gasteiger partial charge in [-0.2, -0.15) is 0 Å². The predicted molar refractivity (Wildman–Crippen MR) is 123 cm³/mol. The first-order chi connectivity index (χ1) is 16.3. The maximum Gasteiger partial charge on any atom is 0.407 e. The molecule has 2 aliphatic rings. The molecule has 0 saturated carbocycles. The number of oxime groups is 1. The van der Waals surface area contributed by atoms with Crippen LogP contribution >= 0.6 is 23.1 Å². The highest BCUT2D eigenvalue weighted by Gasteiger charge is 2.54. The molecule has 1 saturated heterocycles. The van der Waals surface area contributed by atoms with Gasteiger partial charge in [0, 0.05) is 17.7 Å². The van der Waals surface area contributed by atoms with Crippen LogP contribution < -0.4 is 16.4 Å². The van der Waals surface area contributed by atoms with E-state index in [1.165, 1.54) is 35.4 Å². The highest BCUT2D eigenvalue weighted by atomic mass is 32.2. The van der Waals surface area contributed by atoms with Crippen molar-refractivity contribution in [1.29, 1.82) is 0 Å². The molecule has 3 heterocycles. The van der Waals surface area contributed by atoms with E-state index in [9.17, 15) is 29.5 Å². The Labute approximate surface area is 201 Å². The summed E-state index contributed by atoms with van der Waals surface area (Å²) in [6.07, 6.45) is 3.76. The Morgan fingerprint density at radius 2 is 2.21 bits per heavy atom. The number of rotatable bonds is 9. The number of nitrogens with two attached hydrogens (primary N) is 1. The molecule has 1 aromatic rings. The second-order valence-electron chi connectivity index (χ2n) is 6.73. The number of ether oxygens (including phenoxy) is 1. The number of anilines is 1. The SMILES string of the molecule is C=CCNC(=O)OC/C=C\C1=C(C(=O)O)N2C(=O)C(NC(=O)/C(=N\O)c3csc(N)n3)[C@H]2SC1. The van der Waals surface area contributed by atoms with Gasteiger partial charge in [-0.3, -0.25) is 14.5 Å². The third-order valence-corrected chi connectivity index (χ3v) is 6.56. The van der Waals surface area contributed by atoms with E-state index >= 15 is 0 Å². The maximum atomic E-state index is 12.7. The zero-order valence-corrected chi connectivity index (χ0v) is 19.1. The van der Waals surface area contributed by atoms with Crippen molar-refractivity contribution in [2.75, 3.05) is 24.6 Å². The molecule has 13 nitrogen and oxygen atoms in total. The molecule has 1 fully saturated rings. The average Bonchev–Trinajstić information content (AvgIpc) is 3.24. The summed E-state index contributed by atoms with van der Waals surface area (Å²) in [4.78, 5) is 53.5. The van der Waals surface area contributed by atoms with Crippen LogP contribution in [-0.2, 0) is 19.1 Å². The minimum Gasteiger partial charge on any atom is -0.477 e. The number of nitrogens with zero attached hydrogens (tertiary/aromatic N) is 3. The third-order valence-electron chi connectivity index (χ3n) is 4.59. The lowest BCUT2D eigenvalue weighted by atomic mass is 10.0. The molecule has 2 atom stereocenters. The van der Waals surface area contributed by atoms with Gasteiger partial charge in [0.05, 0.1) is 0 Å². The minimum absolute atomic E-state index is 0.0429. The summed E-state index contributed by atoms with van der Waals surface area (Å²) in [5, 5.41) is 27.6. The number of carboxylic acids is 1. The standard InChI is InChI=1S/C19H20N6O7S2/c1-2-5-21-19(30)32-6-3-4-9-7-33-16-12(15(27)25(16)13(9)17(28)29)23-14(26)11(24-31)10-8-34-18(20)22-10/h2-4,8,12,16,31H,1,5-7H2,(H2,20,22)(H,21,30)(H,23,26)(H,28,29)/b4-3-,24-11-/t12?,16-/m1/s1. The van der Waals surface area contributed by atoms with E-state index in [0.717, 1.165) is 16.2 Å². The lowest BCUT2D eigenvalue weighted by Gasteiger charge is -2.49. The smallest absolute Gasteiger partial charge is 0.407 e. The number of nitrogen functional groups attached to an aromatic ring is 1. The Hall–Kier alpha value is -3.85. The van der Waals surface area contributed by atoms with E-state index in [1.54, 1.807) is 0 Å². The number of aliphatic carboxylic acids is 1. The van der Waals surface area contributed by atoms with Crippen molar-refractivity contribution in [2.45, 2.75) is 11.4 Å². The van der Waals surface area contributed by atoms with E-state index in [-0.39, 0.29) is 35.4 Å². The summed E-state index contributed by atoms with van der Waals surface area (Å²) < 4.78 is 4.91. The molecule has 0 bridgehead atoms. The average molecular weight is 509 g/mol. The lowest BCUT2D eigenvalue weighted by Crippen LogP contribution is -2.71. The summed E-state index contributed by atoms with van der Waals surface area (Å²) in [6.45, 7) is 3.60. The molecular formula is C19H20N6O7S2. The van der Waals surface area contributed by atoms with Crippen molar-refractivity contribution in [1.82, 2.24) is 20.5 Å². The molecule has 180 valence electrons. The van der Waals surface area contributed by atoms with Gasteiger partial charge in [-0.1, -0.05) is 17.3 Å². The van der Waals surface area contributed by atoms with Gasteiger partial charge in [-0.25, -0.2) is 14.6 Å². The highest BCUT2D eigenvalue weighted by molar-refractivity contribution is 8.00. The Kier molecular flexibility index (Phi) is 7.91. The lowest BCUT2D eigenvalue weighted by molar-refractivity contribution is -0.150. The van der Waals surface area contributed by atoms with Crippen LogP contribution in [0.25, 0.3) is 0 Å². The number of carboxylic acid groups (broad SMARTS) is 1. The molecule has 0 spiro atoms. The molecule has 3 amide bonds. The quantitative estimate of drug-likeness (QED) is 0.100. The first-order valence-corrected chi connectivity index (χ1v) is 11.5. The highest BCUT2D eigenvalue weighted by Crippen LogP contribution is 2.40. The largest absolute Gasteiger partial charge is 0.477 e. The van der Waals surface area contributed by atoms with Crippen LogP contribution in [-0.4, -0.2) is 80.1 Å². The molecule has 0 aromatic carbocycles. The van der Waals surface area contributed by atoms with Crippen molar-refractivity contribution >= 4 is 57.8 Å². The minimum atomic E-state index is -1.32. The number of thioether (sulfide) groups is 1. The van der Waals surface area contributed by atoms with Gasteiger partial charge < -0.3 is 31.4 Å². The van der Waals surface area contributed by atoms with Gasteiger partial charge in [0.15, 0.2) is 10.8 Å². The van der Waals surface area contributed by atoms with Gasteiger partial charge in [-0.05, 0) is 11.6 Å². The van der Waals surface area contributed by atoms with Crippen LogP contribution in [0.4, 0.5) is 9.93 Å². The Balaban J connectivity index is 1.67. The van der Waals surface area contributed by atoms with Crippen molar-refractivity contribution < 1.29 is 34.2 Å². The van der Waals surface area contributed by atoms with Crippen molar-refractivity contribution in [3.8, 4) is 0 Å². The fraction of sp³-hybridized carbons (Fsp3) is 0.263. The van der Waals surface area contributed by atoms with Crippen LogP contribution in [0.15, 0.2) is 46.6 Å². The van der Waals surface area contributed by atoms with Crippen molar-refractivity contribution in [3.05, 3.63) is 47.2 Å². The second-order valence-corrected chi connectivity index (χ2v) is 8.72. The summed E-state index contributed by atoms with van der Waals surface area (Å²) in [7, 11) is 0. The van der Waals surface area contributed by atoms with Crippen LogP contribution in [0.5, 0.6) is 0 Å². The number of alkyl carbamates (subject to hydrolysis) is 1. The number of amides is 3. The maximum absolute atomic E-state index is 12.7. The number of hydrogen-bond donors (Lipinski definition) is 5. The third kappa shape index (κ3) is 5.20. The van der Waals surface area contributed by atoms with Gasteiger partial charge in [0.1, 0.15) is 29.4 Å². The van der Waals surface area contributed by atoms with E-state index in [4.69, 9.17) is 10.5 Å². The van der Waals surface area contributed by atoms with Gasteiger partial charge in [-0.15, -0.1) is 29.7 Å². The zero-order valence-electron chi connectivity index (χ0n) is 17.5. The van der Waals surface area contributed by atoms with Crippen molar-refractivity contribution in [3.63, 3.8) is 0 Å². The fourth-order valence-corrected chi connectivity index (χ4v) is 4.98. The number of carbonyl (C=O) groups is 4. The molecule has 6 N–H and O–H groups in total. The number of β-lactam (4-membered cyclic amide) rings is 1. The Morgan fingerprint density at radius 3 is 2.82 bits per heavy atom. The normalized spacial score (nSPS) is 19.9. The molecular weight excluding hydrogens is 488 g/mol.